The third-order valence-electron chi connectivity index (χ3n) is 4.84. The van der Waals surface area contributed by atoms with Crippen molar-refractivity contribution < 1.29 is 9.53 Å². The van der Waals surface area contributed by atoms with Crippen LogP contribution in [0, 0.1) is 0 Å². The van der Waals surface area contributed by atoms with E-state index in [1.54, 1.807) is 0 Å². The zero-order valence-corrected chi connectivity index (χ0v) is 13.3. The Balaban J connectivity index is 2.04. The molecule has 0 saturated carbocycles. The van der Waals surface area contributed by atoms with Crippen LogP contribution in [0.1, 0.15) is 44.2 Å². The number of hydrogen-bond donors (Lipinski definition) is 0. The van der Waals surface area contributed by atoms with Gasteiger partial charge in [0, 0.05) is 11.8 Å². The first-order valence-electron chi connectivity index (χ1n) is 8.08. The molecule has 2 aromatic rings. The highest BCUT2D eigenvalue weighted by Gasteiger charge is 2.41. The highest BCUT2D eigenvalue weighted by Crippen LogP contribution is 2.52. The molecule has 2 heteroatoms. The molecule has 2 nitrogen and oxygen atoms in total. The van der Waals surface area contributed by atoms with Crippen LogP contribution >= 0.6 is 0 Å². The molecule has 0 radical (unpaired) electrons. The van der Waals surface area contributed by atoms with Gasteiger partial charge in [-0.2, -0.15) is 0 Å². The zero-order chi connectivity index (χ0) is 15.6. The summed E-state index contributed by atoms with van der Waals surface area (Å²) in [5.41, 5.74) is 5.25. The van der Waals surface area contributed by atoms with Gasteiger partial charge in [-0.15, -0.1) is 0 Å². The third-order valence-corrected chi connectivity index (χ3v) is 4.84. The van der Waals surface area contributed by atoms with E-state index in [-0.39, 0.29) is 11.4 Å². The molecule has 1 aliphatic carbocycles. The van der Waals surface area contributed by atoms with Gasteiger partial charge in [0.05, 0.1) is 6.61 Å². The highest BCUT2D eigenvalue weighted by molar-refractivity contribution is 5.81. The predicted molar refractivity (Wildman–Crippen MR) is 88.8 cm³/mol. The standard InChI is InChI=1S/C20H22O2/c1-3-20(14-13-19(21)22-4-2)17-11-7-5-9-15(17)16-10-6-8-12-18(16)20/h5-12H,3-4,13-14H2,1-2H3. The van der Waals surface area contributed by atoms with Crippen LogP contribution in [0.2, 0.25) is 0 Å². The molecular formula is C20H22O2. The summed E-state index contributed by atoms with van der Waals surface area (Å²) >= 11 is 0. The molecule has 0 spiro atoms. The zero-order valence-electron chi connectivity index (χ0n) is 13.3. The average Bonchev–Trinajstić information content (AvgIpc) is 2.84. The Morgan fingerprint density at radius 3 is 2.00 bits per heavy atom. The van der Waals surface area contributed by atoms with Crippen molar-refractivity contribution in [2.24, 2.45) is 0 Å². The second kappa shape index (κ2) is 5.96. The number of benzene rings is 2. The summed E-state index contributed by atoms with van der Waals surface area (Å²) in [6.07, 6.45) is 2.25. The maximum Gasteiger partial charge on any atom is 0.305 e. The Bertz CT molecular complexity index is 642. The van der Waals surface area contributed by atoms with Crippen molar-refractivity contribution in [3.63, 3.8) is 0 Å². The van der Waals surface area contributed by atoms with Gasteiger partial charge in [-0.3, -0.25) is 4.79 Å². The van der Waals surface area contributed by atoms with E-state index in [2.05, 4.69) is 55.5 Å². The number of carbonyl (C=O) groups excluding carboxylic acids is 1. The van der Waals surface area contributed by atoms with Crippen LogP contribution in [0.5, 0.6) is 0 Å². The molecule has 0 amide bonds. The van der Waals surface area contributed by atoms with Crippen molar-refractivity contribution in [1.82, 2.24) is 0 Å². The van der Waals surface area contributed by atoms with E-state index >= 15 is 0 Å². The first-order chi connectivity index (χ1) is 10.7. The maximum absolute atomic E-state index is 11.9. The molecule has 0 aliphatic heterocycles. The fourth-order valence-electron chi connectivity index (χ4n) is 3.79. The summed E-state index contributed by atoms with van der Waals surface area (Å²) in [6.45, 7) is 4.52. The van der Waals surface area contributed by atoms with Gasteiger partial charge in [-0.05, 0) is 42.0 Å². The molecule has 0 atom stereocenters. The fourth-order valence-corrected chi connectivity index (χ4v) is 3.79. The van der Waals surface area contributed by atoms with Crippen LogP contribution in [0.3, 0.4) is 0 Å². The molecule has 0 heterocycles. The molecule has 22 heavy (non-hydrogen) atoms. The van der Waals surface area contributed by atoms with Gasteiger partial charge < -0.3 is 4.74 Å². The lowest BCUT2D eigenvalue weighted by Gasteiger charge is -2.30. The molecule has 0 aromatic heterocycles. The van der Waals surface area contributed by atoms with Crippen LogP contribution in [0.25, 0.3) is 11.1 Å². The van der Waals surface area contributed by atoms with Crippen LogP contribution in [0.4, 0.5) is 0 Å². The van der Waals surface area contributed by atoms with Crippen LogP contribution in [-0.2, 0) is 14.9 Å². The van der Waals surface area contributed by atoms with Crippen molar-refractivity contribution >= 4 is 5.97 Å². The Labute approximate surface area is 132 Å². The number of fused-ring (bicyclic) bond motifs is 3. The van der Waals surface area contributed by atoms with E-state index in [1.807, 2.05) is 6.92 Å². The summed E-state index contributed by atoms with van der Waals surface area (Å²) in [7, 11) is 0. The van der Waals surface area contributed by atoms with Crippen LogP contribution in [0.15, 0.2) is 48.5 Å². The largest absolute Gasteiger partial charge is 0.466 e. The lowest BCUT2D eigenvalue weighted by Crippen LogP contribution is -2.25. The number of esters is 1. The lowest BCUT2D eigenvalue weighted by molar-refractivity contribution is -0.143. The van der Waals surface area contributed by atoms with Crippen molar-refractivity contribution in [3.05, 3.63) is 59.7 Å². The smallest absolute Gasteiger partial charge is 0.305 e. The summed E-state index contributed by atoms with van der Waals surface area (Å²) < 4.78 is 5.13. The topological polar surface area (TPSA) is 26.3 Å². The van der Waals surface area contributed by atoms with Crippen molar-refractivity contribution in [3.8, 4) is 11.1 Å². The molecule has 0 fully saturated rings. The van der Waals surface area contributed by atoms with Gasteiger partial charge in [-0.1, -0.05) is 55.5 Å². The Morgan fingerprint density at radius 1 is 0.955 bits per heavy atom. The first kappa shape index (κ1) is 14.8. The van der Waals surface area contributed by atoms with Crippen molar-refractivity contribution in [1.29, 1.82) is 0 Å². The number of rotatable bonds is 5. The minimum Gasteiger partial charge on any atom is -0.466 e. The fraction of sp³-hybridized carbons (Fsp3) is 0.350. The minimum absolute atomic E-state index is 0.0695. The molecule has 0 bridgehead atoms. The number of hydrogen-bond acceptors (Lipinski definition) is 2. The normalized spacial score (nSPS) is 14.3. The van der Waals surface area contributed by atoms with E-state index in [0.29, 0.717) is 13.0 Å². The van der Waals surface area contributed by atoms with E-state index < -0.39 is 0 Å². The highest BCUT2D eigenvalue weighted by atomic mass is 16.5. The summed E-state index contributed by atoms with van der Waals surface area (Å²) in [4.78, 5) is 11.9. The first-order valence-corrected chi connectivity index (χ1v) is 8.08. The summed E-state index contributed by atoms with van der Waals surface area (Å²) in [6, 6.07) is 17.2. The molecule has 1 aliphatic rings. The predicted octanol–water partition coefficient (Wildman–Crippen LogP) is 4.71. The number of carbonyl (C=O) groups is 1. The van der Waals surface area contributed by atoms with Gasteiger partial charge in [0.2, 0.25) is 0 Å². The molecule has 114 valence electrons. The minimum atomic E-state index is -0.0998. The molecule has 0 N–H and O–H groups in total. The second-order valence-corrected chi connectivity index (χ2v) is 5.83. The quantitative estimate of drug-likeness (QED) is 0.747. The molecule has 0 unspecified atom stereocenters. The van der Waals surface area contributed by atoms with E-state index in [4.69, 9.17) is 4.74 Å². The van der Waals surface area contributed by atoms with E-state index in [9.17, 15) is 4.79 Å². The van der Waals surface area contributed by atoms with Gasteiger partial charge in [0.1, 0.15) is 0 Å². The monoisotopic (exact) mass is 294 g/mol. The average molecular weight is 294 g/mol. The Kier molecular flexibility index (Phi) is 4.02. The summed E-state index contributed by atoms with van der Waals surface area (Å²) in [5, 5.41) is 0. The Morgan fingerprint density at radius 2 is 1.50 bits per heavy atom. The summed E-state index contributed by atoms with van der Waals surface area (Å²) in [5.74, 6) is -0.0998. The van der Waals surface area contributed by atoms with Gasteiger partial charge >= 0.3 is 5.97 Å². The molecule has 2 aromatic carbocycles. The van der Waals surface area contributed by atoms with Gasteiger partial charge in [0.15, 0.2) is 0 Å². The Hall–Kier alpha value is -2.09. The maximum atomic E-state index is 11.9. The third kappa shape index (κ3) is 2.23. The second-order valence-electron chi connectivity index (χ2n) is 5.83. The van der Waals surface area contributed by atoms with Crippen molar-refractivity contribution in [2.75, 3.05) is 6.61 Å². The molecule has 3 rings (SSSR count). The SMILES string of the molecule is CCOC(=O)CCC1(CC)c2ccccc2-c2ccccc21. The lowest BCUT2D eigenvalue weighted by atomic mass is 9.72. The van der Waals surface area contributed by atoms with E-state index in [0.717, 1.165) is 12.8 Å². The van der Waals surface area contributed by atoms with E-state index in [1.165, 1.54) is 22.3 Å². The molecule has 0 saturated heterocycles. The van der Waals surface area contributed by atoms with Crippen molar-refractivity contribution in [2.45, 2.75) is 38.5 Å². The van der Waals surface area contributed by atoms with Crippen LogP contribution < -0.4 is 0 Å². The molecular weight excluding hydrogens is 272 g/mol. The van der Waals surface area contributed by atoms with Gasteiger partial charge in [0.25, 0.3) is 0 Å². The number of ether oxygens (including phenoxy) is 1. The van der Waals surface area contributed by atoms with Gasteiger partial charge in [-0.25, -0.2) is 0 Å². The van der Waals surface area contributed by atoms with Crippen LogP contribution in [-0.4, -0.2) is 12.6 Å².